The van der Waals surface area contributed by atoms with Crippen molar-refractivity contribution in [1.82, 2.24) is 4.98 Å². The van der Waals surface area contributed by atoms with Crippen molar-refractivity contribution < 1.29 is 4.79 Å². The number of benzene rings is 1. The van der Waals surface area contributed by atoms with Gasteiger partial charge >= 0.3 is 0 Å². The molecule has 0 N–H and O–H groups in total. The van der Waals surface area contributed by atoms with Crippen molar-refractivity contribution in [3.05, 3.63) is 47.7 Å². The molecule has 17 heavy (non-hydrogen) atoms. The molecule has 3 heteroatoms. The number of pyridine rings is 1. The molecule has 0 unspecified atom stereocenters. The number of nitrogens with zero attached hydrogens (tertiary/aromatic N) is 2. The summed E-state index contributed by atoms with van der Waals surface area (Å²) in [5.41, 5.74) is 4.72. The first-order chi connectivity index (χ1) is 8.20. The molecular formula is C14H12N2O. The molecule has 0 aliphatic carbocycles. The monoisotopic (exact) mass is 224 g/mol. The van der Waals surface area contributed by atoms with E-state index in [-0.39, 0.29) is 0 Å². The van der Waals surface area contributed by atoms with Gasteiger partial charge in [0.15, 0.2) is 0 Å². The molecule has 0 saturated carbocycles. The van der Waals surface area contributed by atoms with E-state index >= 15 is 0 Å². The molecule has 0 amide bonds. The second-order valence-electron chi connectivity index (χ2n) is 3.93. The molecule has 84 valence electrons. The molecule has 2 aromatic rings. The first-order valence-corrected chi connectivity index (χ1v) is 5.32. The fourth-order valence-electron chi connectivity index (χ4n) is 1.69. The number of aromatic nitrogens is 1. The second-order valence-corrected chi connectivity index (χ2v) is 3.93. The van der Waals surface area contributed by atoms with Crippen LogP contribution in [0.3, 0.4) is 0 Å². The van der Waals surface area contributed by atoms with Crippen LogP contribution in [0.5, 0.6) is 0 Å². The topological polar surface area (TPSA) is 42.3 Å². The number of aryl methyl sites for hydroxylation is 2. The van der Waals surface area contributed by atoms with E-state index in [9.17, 15) is 4.79 Å². The third-order valence-electron chi connectivity index (χ3n) is 2.56. The van der Waals surface area contributed by atoms with Gasteiger partial charge in [-0.3, -0.25) is 4.98 Å². The molecule has 1 aromatic heterocycles. The first kappa shape index (κ1) is 11.2. The highest BCUT2D eigenvalue weighted by atomic mass is 16.1. The maximum Gasteiger partial charge on any atom is 0.240 e. The summed E-state index contributed by atoms with van der Waals surface area (Å²) in [6, 6.07) is 10.00. The summed E-state index contributed by atoms with van der Waals surface area (Å²) in [5.74, 6) is 0. The summed E-state index contributed by atoms with van der Waals surface area (Å²) >= 11 is 0. The van der Waals surface area contributed by atoms with Gasteiger partial charge in [-0.15, -0.1) is 0 Å². The Bertz CT molecular complexity index is 582. The second kappa shape index (κ2) is 4.73. The van der Waals surface area contributed by atoms with Crippen molar-refractivity contribution in [2.45, 2.75) is 13.8 Å². The van der Waals surface area contributed by atoms with Crippen LogP contribution in [0.25, 0.3) is 11.3 Å². The zero-order chi connectivity index (χ0) is 12.3. The van der Waals surface area contributed by atoms with Crippen molar-refractivity contribution in [3.63, 3.8) is 0 Å². The largest absolute Gasteiger partial charge is 0.254 e. The lowest BCUT2D eigenvalue weighted by molar-refractivity contribution is 0.565. The van der Waals surface area contributed by atoms with Crippen LogP contribution in [0.1, 0.15) is 11.1 Å². The fraction of sp³-hybridized carbons (Fsp3) is 0.143. The Kier molecular flexibility index (Phi) is 3.12. The summed E-state index contributed by atoms with van der Waals surface area (Å²) in [7, 11) is 0. The van der Waals surface area contributed by atoms with Gasteiger partial charge in [-0.2, -0.15) is 4.99 Å². The highest BCUT2D eigenvalue weighted by Gasteiger charge is 2.04. The number of carbonyl (C=O) groups excluding carboxylic acids is 1. The minimum absolute atomic E-state index is 0.536. The van der Waals surface area contributed by atoms with E-state index in [0.717, 1.165) is 16.8 Å². The van der Waals surface area contributed by atoms with Crippen LogP contribution in [0, 0.1) is 13.8 Å². The third-order valence-corrected chi connectivity index (χ3v) is 2.56. The van der Waals surface area contributed by atoms with Crippen LogP contribution in [0.15, 0.2) is 41.5 Å². The van der Waals surface area contributed by atoms with Crippen molar-refractivity contribution in [2.75, 3.05) is 0 Å². The maximum absolute atomic E-state index is 10.2. The predicted molar refractivity (Wildman–Crippen MR) is 66.9 cm³/mol. The lowest BCUT2D eigenvalue weighted by Crippen LogP contribution is -1.87. The number of aliphatic imine (C=N–C) groups is 1. The van der Waals surface area contributed by atoms with Crippen molar-refractivity contribution >= 4 is 11.8 Å². The van der Waals surface area contributed by atoms with E-state index in [4.69, 9.17) is 0 Å². The van der Waals surface area contributed by atoms with Gasteiger partial charge in [-0.05, 0) is 25.5 Å². The van der Waals surface area contributed by atoms with Gasteiger partial charge in [-0.25, -0.2) is 4.79 Å². The summed E-state index contributed by atoms with van der Waals surface area (Å²) in [6.07, 6.45) is 3.09. The number of hydrogen-bond acceptors (Lipinski definition) is 3. The van der Waals surface area contributed by atoms with Crippen molar-refractivity contribution in [2.24, 2.45) is 4.99 Å². The molecule has 0 aliphatic rings. The standard InChI is InChI=1S/C14H12N2O/c1-10-3-5-12(6-4-10)14-11(2)7-13(8-15-14)16-9-17/h3-8H,1-2H3. The van der Waals surface area contributed by atoms with Crippen molar-refractivity contribution in [1.29, 1.82) is 0 Å². The van der Waals surface area contributed by atoms with Gasteiger partial charge < -0.3 is 0 Å². The Hall–Kier alpha value is -2.25. The Morgan fingerprint density at radius 3 is 2.47 bits per heavy atom. The predicted octanol–water partition coefficient (Wildman–Crippen LogP) is 3.33. The highest BCUT2D eigenvalue weighted by Crippen LogP contribution is 2.24. The van der Waals surface area contributed by atoms with Crippen LogP contribution >= 0.6 is 0 Å². The van der Waals surface area contributed by atoms with Crippen LogP contribution in [0.2, 0.25) is 0 Å². The first-order valence-electron chi connectivity index (χ1n) is 5.32. The summed E-state index contributed by atoms with van der Waals surface area (Å²) in [4.78, 5) is 18.0. The molecule has 2 rings (SSSR count). The average Bonchev–Trinajstić information content (AvgIpc) is 2.31. The lowest BCUT2D eigenvalue weighted by atomic mass is 10.1. The highest BCUT2D eigenvalue weighted by molar-refractivity contribution is 5.65. The molecule has 0 fully saturated rings. The van der Waals surface area contributed by atoms with Crippen LogP contribution in [-0.4, -0.2) is 11.1 Å². The summed E-state index contributed by atoms with van der Waals surface area (Å²) < 4.78 is 0. The van der Waals surface area contributed by atoms with E-state index in [1.54, 1.807) is 6.20 Å². The van der Waals surface area contributed by atoms with Gasteiger partial charge in [0.05, 0.1) is 17.6 Å². The quantitative estimate of drug-likeness (QED) is 0.580. The molecule has 1 aromatic carbocycles. The van der Waals surface area contributed by atoms with E-state index in [0.29, 0.717) is 5.69 Å². The SMILES string of the molecule is Cc1ccc(-c2ncc(N=C=O)cc2C)cc1. The zero-order valence-corrected chi connectivity index (χ0v) is 9.77. The van der Waals surface area contributed by atoms with Gasteiger partial charge in [0, 0.05) is 5.56 Å². The molecule has 0 atom stereocenters. The molecule has 0 aliphatic heterocycles. The Labute approximate surface area is 99.9 Å². The molecule has 0 radical (unpaired) electrons. The minimum Gasteiger partial charge on any atom is -0.254 e. The molecule has 0 spiro atoms. The van der Waals surface area contributed by atoms with Gasteiger partial charge in [0.1, 0.15) is 0 Å². The van der Waals surface area contributed by atoms with Gasteiger partial charge in [0.25, 0.3) is 0 Å². The molecule has 3 nitrogen and oxygen atoms in total. The van der Waals surface area contributed by atoms with Gasteiger partial charge in [0.2, 0.25) is 6.08 Å². The number of hydrogen-bond donors (Lipinski definition) is 0. The smallest absolute Gasteiger partial charge is 0.240 e. The Balaban J connectivity index is 2.46. The molecule has 1 heterocycles. The fourth-order valence-corrected chi connectivity index (χ4v) is 1.69. The zero-order valence-electron chi connectivity index (χ0n) is 9.77. The average molecular weight is 224 g/mol. The summed E-state index contributed by atoms with van der Waals surface area (Å²) in [6.45, 7) is 4.00. The maximum atomic E-state index is 10.2. The molecular weight excluding hydrogens is 212 g/mol. The molecule has 0 bridgehead atoms. The van der Waals surface area contributed by atoms with E-state index in [2.05, 4.69) is 9.98 Å². The minimum atomic E-state index is 0.536. The van der Waals surface area contributed by atoms with Gasteiger partial charge in [-0.1, -0.05) is 29.8 Å². The lowest BCUT2D eigenvalue weighted by Gasteiger charge is -2.05. The van der Waals surface area contributed by atoms with E-state index in [1.165, 1.54) is 11.6 Å². The van der Waals surface area contributed by atoms with Crippen LogP contribution in [0.4, 0.5) is 5.69 Å². The summed E-state index contributed by atoms with van der Waals surface area (Å²) in [5, 5.41) is 0. The number of rotatable bonds is 2. The van der Waals surface area contributed by atoms with Crippen LogP contribution in [-0.2, 0) is 4.79 Å². The Morgan fingerprint density at radius 1 is 1.18 bits per heavy atom. The van der Waals surface area contributed by atoms with E-state index < -0.39 is 0 Å². The van der Waals surface area contributed by atoms with E-state index in [1.807, 2.05) is 44.2 Å². The molecule has 0 saturated heterocycles. The number of isocyanates is 1. The van der Waals surface area contributed by atoms with Crippen molar-refractivity contribution in [3.8, 4) is 11.3 Å². The normalized spacial score (nSPS) is 9.76. The van der Waals surface area contributed by atoms with Crippen LogP contribution < -0.4 is 0 Å². The Morgan fingerprint density at radius 2 is 1.88 bits per heavy atom. The third kappa shape index (κ3) is 2.47.